The van der Waals surface area contributed by atoms with Crippen molar-refractivity contribution in [3.8, 4) is 5.75 Å². The Morgan fingerprint density at radius 3 is 2.18 bits per heavy atom. The Balaban J connectivity index is 1.56. The van der Waals surface area contributed by atoms with Crippen molar-refractivity contribution in [1.82, 2.24) is 10.2 Å². The summed E-state index contributed by atoms with van der Waals surface area (Å²) in [6, 6.07) is 26.9. The molecule has 1 fully saturated rings. The van der Waals surface area contributed by atoms with Gasteiger partial charge in [-0.15, -0.1) is 0 Å². The van der Waals surface area contributed by atoms with Crippen molar-refractivity contribution < 1.29 is 19.1 Å². The smallest absolute Gasteiger partial charge is 0.410 e. The monoisotopic (exact) mass is 514 g/mol. The molecular formula is C32H38N2O4. The fourth-order valence-corrected chi connectivity index (χ4v) is 4.77. The van der Waals surface area contributed by atoms with Crippen LogP contribution in [0.3, 0.4) is 0 Å². The summed E-state index contributed by atoms with van der Waals surface area (Å²) in [5.41, 5.74) is 2.37. The fourth-order valence-electron chi connectivity index (χ4n) is 4.77. The van der Waals surface area contributed by atoms with Crippen molar-refractivity contribution in [2.45, 2.75) is 70.7 Å². The van der Waals surface area contributed by atoms with Crippen LogP contribution in [0.1, 0.15) is 69.2 Å². The van der Waals surface area contributed by atoms with Crippen molar-refractivity contribution in [3.63, 3.8) is 0 Å². The van der Waals surface area contributed by atoms with Gasteiger partial charge in [-0.25, -0.2) is 4.79 Å². The zero-order chi connectivity index (χ0) is 27.1. The number of nitrogens with zero attached hydrogens (tertiary/aromatic N) is 1. The lowest BCUT2D eigenvalue weighted by Gasteiger charge is -2.34. The Kier molecular flexibility index (Phi) is 8.72. The van der Waals surface area contributed by atoms with Gasteiger partial charge in [-0.3, -0.25) is 4.79 Å². The SMILES string of the molecule is C[C@H](C(=O)N[C@@H](c1ccc(OCc2ccccc2)cc1)[C@H]1CCCN1C(=O)OC(C)(C)C)c1ccccc1. The van der Waals surface area contributed by atoms with Crippen molar-refractivity contribution in [1.29, 1.82) is 0 Å². The molecule has 1 N–H and O–H groups in total. The molecule has 3 aromatic rings. The minimum absolute atomic E-state index is 0.0818. The largest absolute Gasteiger partial charge is 0.489 e. The van der Waals surface area contributed by atoms with E-state index in [2.05, 4.69) is 5.32 Å². The molecule has 200 valence electrons. The number of hydrogen-bond acceptors (Lipinski definition) is 4. The predicted molar refractivity (Wildman–Crippen MR) is 149 cm³/mol. The van der Waals surface area contributed by atoms with Crippen LogP contribution in [-0.2, 0) is 16.1 Å². The number of carbonyl (C=O) groups excluding carboxylic acids is 2. The molecule has 6 nitrogen and oxygen atoms in total. The quantitative estimate of drug-likeness (QED) is 0.367. The first-order valence-corrected chi connectivity index (χ1v) is 13.3. The summed E-state index contributed by atoms with van der Waals surface area (Å²) in [5.74, 6) is 0.334. The highest BCUT2D eigenvalue weighted by Crippen LogP contribution is 2.32. The van der Waals surface area contributed by atoms with Gasteiger partial charge in [0.05, 0.1) is 18.0 Å². The van der Waals surface area contributed by atoms with Gasteiger partial charge in [-0.1, -0.05) is 72.8 Å². The molecule has 3 atom stereocenters. The standard InChI is InChI=1S/C32H38N2O4/c1-23(25-14-9-6-10-15-25)30(35)33-29(28-16-11-21-34(28)31(36)38-32(2,3)4)26-17-19-27(20-18-26)37-22-24-12-7-5-8-13-24/h5-10,12-15,17-20,23,28-29H,11,16,21-22H2,1-4H3,(H,33,35)/t23-,28+,29-/m0/s1. The lowest BCUT2D eigenvalue weighted by molar-refractivity contribution is -0.123. The molecule has 0 bridgehead atoms. The van der Waals surface area contributed by atoms with Gasteiger partial charge in [-0.05, 0) is 69.4 Å². The average Bonchev–Trinajstić information content (AvgIpc) is 3.40. The number of rotatable bonds is 8. The highest BCUT2D eigenvalue weighted by molar-refractivity contribution is 5.83. The van der Waals surface area contributed by atoms with Gasteiger partial charge in [-0.2, -0.15) is 0 Å². The molecule has 1 aliphatic heterocycles. The van der Waals surface area contributed by atoms with Gasteiger partial charge in [0.15, 0.2) is 0 Å². The van der Waals surface area contributed by atoms with Gasteiger partial charge in [0.25, 0.3) is 0 Å². The highest BCUT2D eigenvalue weighted by atomic mass is 16.6. The van der Waals surface area contributed by atoms with E-state index >= 15 is 0 Å². The number of nitrogens with one attached hydrogen (secondary N) is 1. The zero-order valence-corrected chi connectivity index (χ0v) is 22.7. The van der Waals surface area contributed by atoms with Gasteiger partial charge in [0.1, 0.15) is 18.0 Å². The predicted octanol–water partition coefficient (Wildman–Crippen LogP) is 6.63. The van der Waals surface area contributed by atoms with E-state index in [1.165, 1.54) is 0 Å². The molecule has 38 heavy (non-hydrogen) atoms. The van der Waals surface area contributed by atoms with Crippen molar-refractivity contribution >= 4 is 12.0 Å². The van der Waals surface area contributed by atoms with E-state index in [4.69, 9.17) is 9.47 Å². The summed E-state index contributed by atoms with van der Waals surface area (Å²) in [7, 11) is 0. The molecule has 6 heteroatoms. The van der Waals surface area contributed by atoms with E-state index in [1.54, 1.807) is 4.90 Å². The minimum Gasteiger partial charge on any atom is -0.489 e. The highest BCUT2D eigenvalue weighted by Gasteiger charge is 2.39. The van der Waals surface area contributed by atoms with E-state index in [0.29, 0.717) is 13.2 Å². The van der Waals surface area contributed by atoms with E-state index in [9.17, 15) is 9.59 Å². The lowest BCUT2D eigenvalue weighted by Crippen LogP contribution is -2.47. The normalized spacial score (nSPS) is 16.9. The van der Waals surface area contributed by atoms with Crippen LogP contribution in [-0.4, -0.2) is 35.1 Å². The van der Waals surface area contributed by atoms with Crippen LogP contribution in [0.2, 0.25) is 0 Å². The van der Waals surface area contributed by atoms with Gasteiger partial charge in [0.2, 0.25) is 5.91 Å². The molecular weight excluding hydrogens is 476 g/mol. The summed E-state index contributed by atoms with van der Waals surface area (Å²) in [6.45, 7) is 8.58. The third kappa shape index (κ3) is 7.15. The first-order chi connectivity index (χ1) is 18.2. The number of amides is 2. The Hall–Kier alpha value is -3.80. The average molecular weight is 515 g/mol. The summed E-state index contributed by atoms with van der Waals surface area (Å²) < 4.78 is 11.7. The molecule has 0 aliphatic carbocycles. The second-order valence-electron chi connectivity index (χ2n) is 10.8. The third-order valence-electron chi connectivity index (χ3n) is 6.79. The molecule has 2 amide bonds. The van der Waals surface area contributed by atoms with E-state index in [1.807, 2.05) is 113 Å². The first kappa shape index (κ1) is 27.2. The maximum absolute atomic E-state index is 13.4. The molecule has 0 aromatic heterocycles. The Morgan fingerprint density at radius 1 is 0.921 bits per heavy atom. The van der Waals surface area contributed by atoms with Crippen LogP contribution in [0.5, 0.6) is 5.75 Å². The van der Waals surface area contributed by atoms with Crippen molar-refractivity contribution in [2.24, 2.45) is 0 Å². The van der Waals surface area contributed by atoms with E-state index in [-0.39, 0.29) is 30.0 Å². The lowest BCUT2D eigenvalue weighted by atomic mass is 9.94. The summed E-state index contributed by atoms with van der Waals surface area (Å²) >= 11 is 0. The number of benzene rings is 3. The number of ether oxygens (including phenoxy) is 2. The van der Waals surface area contributed by atoms with Crippen LogP contribution >= 0.6 is 0 Å². The van der Waals surface area contributed by atoms with Gasteiger partial charge < -0.3 is 19.7 Å². The second-order valence-corrected chi connectivity index (χ2v) is 10.8. The second kappa shape index (κ2) is 12.2. The van der Waals surface area contributed by atoms with Crippen LogP contribution in [0.25, 0.3) is 0 Å². The molecule has 0 radical (unpaired) electrons. The fraction of sp³-hybridized carbons (Fsp3) is 0.375. The molecule has 4 rings (SSSR count). The molecule has 0 saturated carbocycles. The molecule has 0 spiro atoms. The van der Waals surface area contributed by atoms with Gasteiger partial charge in [0, 0.05) is 6.54 Å². The van der Waals surface area contributed by atoms with Gasteiger partial charge >= 0.3 is 6.09 Å². The Labute approximate surface area is 226 Å². The number of carbonyl (C=O) groups is 2. The third-order valence-corrected chi connectivity index (χ3v) is 6.79. The molecule has 1 saturated heterocycles. The minimum atomic E-state index is -0.595. The van der Waals surface area contributed by atoms with E-state index in [0.717, 1.165) is 35.3 Å². The summed E-state index contributed by atoms with van der Waals surface area (Å²) in [4.78, 5) is 28.3. The molecule has 3 aromatic carbocycles. The van der Waals surface area contributed by atoms with Crippen LogP contribution in [0.4, 0.5) is 4.79 Å². The van der Waals surface area contributed by atoms with Crippen LogP contribution < -0.4 is 10.1 Å². The first-order valence-electron chi connectivity index (χ1n) is 13.3. The maximum Gasteiger partial charge on any atom is 0.410 e. The van der Waals surface area contributed by atoms with Crippen molar-refractivity contribution in [2.75, 3.05) is 6.54 Å². The van der Waals surface area contributed by atoms with Crippen molar-refractivity contribution in [3.05, 3.63) is 102 Å². The summed E-state index contributed by atoms with van der Waals surface area (Å²) in [6.07, 6.45) is 1.28. The molecule has 0 unspecified atom stereocenters. The maximum atomic E-state index is 13.4. The van der Waals surface area contributed by atoms with E-state index < -0.39 is 5.60 Å². The topological polar surface area (TPSA) is 67.9 Å². The summed E-state index contributed by atoms with van der Waals surface area (Å²) in [5, 5.41) is 3.27. The number of hydrogen-bond donors (Lipinski definition) is 1. The Bertz CT molecular complexity index is 1190. The zero-order valence-electron chi connectivity index (χ0n) is 22.7. The van der Waals surface area contributed by atoms with Crippen LogP contribution in [0, 0.1) is 0 Å². The molecule has 1 aliphatic rings. The number of likely N-dealkylation sites (tertiary alicyclic amines) is 1. The Morgan fingerprint density at radius 2 is 1.55 bits per heavy atom. The van der Waals surface area contributed by atoms with Crippen LogP contribution in [0.15, 0.2) is 84.9 Å². The molecule has 1 heterocycles.